The monoisotopic (exact) mass is 511 g/mol. The zero-order valence-electron chi connectivity index (χ0n) is 19.7. The normalized spacial score (nSPS) is 16.9. The van der Waals surface area contributed by atoms with Crippen molar-refractivity contribution < 1.29 is 27.5 Å². The van der Waals surface area contributed by atoms with Crippen LogP contribution >= 0.6 is 0 Å². The third kappa shape index (κ3) is 6.04. The molecule has 1 aliphatic heterocycles. The van der Waals surface area contributed by atoms with Crippen molar-refractivity contribution in [3.05, 3.63) is 71.6 Å². The summed E-state index contributed by atoms with van der Waals surface area (Å²) >= 11 is 0. The first-order valence-electron chi connectivity index (χ1n) is 12.0. The summed E-state index contributed by atoms with van der Waals surface area (Å²) in [5.74, 6) is 0.942. The number of pyridine rings is 1. The Morgan fingerprint density at radius 2 is 1.78 bits per heavy atom. The van der Waals surface area contributed by atoms with E-state index < -0.39 is 31.0 Å². The molecule has 2 aromatic heterocycles. The van der Waals surface area contributed by atoms with E-state index in [4.69, 9.17) is 4.74 Å². The number of rotatable bonds is 7. The standard InChI is InChI=1S/C26H24F3N5O3/c27-26(28,29)8-9-30-25(36)21-7-6-16(11-31-21)24(35)34-18-10-20-19(2-1-3-22(20)37-14-18)17-12-32-23(33-13-17)15-4-5-15/h1-3,6-7,11-13,15,18H,4-5,8-10,14H2,(H,30,36)(H,34,35)/t18-/m0/s1. The van der Waals surface area contributed by atoms with Gasteiger partial charge in [0.25, 0.3) is 11.8 Å². The van der Waals surface area contributed by atoms with E-state index in [2.05, 4.69) is 25.6 Å². The summed E-state index contributed by atoms with van der Waals surface area (Å²) in [6.45, 7) is -0.263. The highest BCUT2D eigenvalue weighted by molar-refractivity contribution is 5.96. The fourth-order valence-electron chi connectivity index (χ4n) is 4.14. The highest BCUT2D eigenvalue weighted by Crippen LogP contribution is 2.39. The Bertz CT molecular complexity index is 1290. The van der Waals surface area contributed by atoms with Gasteiger partial charge in [-0.2, -0.15) is 13.2 Å². The van der Waals surface area contributed by atoms with E-state index in [1.165, 1.54) is 18.3 Å². The average molecular weight is 512 g/mol. The molecular weight excluding hydrogens is 487 g/mol. The molecule has 3 heterocycles. The van der Waals surface area contributed by atoms with E-state index in [1.807, 2.05) is 30.6 Å². The van der Waals surface area contributed by atoms with Crippen LogP contribution in [0.2, 0.25) is 0 Å². The molecule has 0 saturated heterocycles. The van der Waals surface area contributed by atoms with Crippen LogP contribution in [0.15, 0.2) is 48.9 Å². The van der Waals surface area contributed by atoms with Crippen LogP contribution in [0, 0.1) is 0 Å². The van der Waals surface area contributed by atoms with E-state index in [9.17, 15) is 22.8 Å². The summed E-state index contributed by atoms with van der Waals surface area (Å²) in [5, 5.41) is 5.09. The van der Waals surface area contributed by atoms with Gasteiger partial charge in [-0.3, -0.25) is 14.6 Å². The Kier molecular flexibility index (Phi) is 6.77. The molecule has 1 fully saturated rings. The predicted octanol–water partition coefficient (Wildman–Crippen LogP) is 3.83. The van der Waals surface area contributed by atoms with Crippen LogP contribution in [0.1, 0.15) is 57.4 Å². The number of fused-ring (bicyclic) bond motifs is 1. The van der Waals surface area contributed by atoms with Crippen LogP contribution < -0.4 is 15.4 Å². The van der Waals surface area contributed by atoms with Gasteiger partial charge in [-0.15, -0.1) is 0 Å². The summed E-state index contributed by atoms with van der Waals surface area (Å²) in [5.41, 5.74) is 2.92. The van der Waals surface area contributed by atoms with Crippen LogP contribution in [0.5, 0.6) is 5.75 Å². The zero-order chi connectivity index (χ0) is 26.0. The molecule has 2 amide bonds. The van der Waals surface area contributed by atoms with Crippen LogP contribution in [0.4, 0.5) is 13.2 Å². The molecule has 2 aliphatic rings. The van der Waals surface area contributed by atoms with Gasteiger partial charge in [0.15, 0.2) is 0 Å². The third-order valence-electron chi connectivity index (χ3n) is 6.24. The molecule has 1 aromatic carbocycles. The minimum absolute atomic E-state index is 0.0757. The highest BCUT2D eigenvalue weighted by atomic mass is 19.4. The van der Waals surface area contributed by atoms with Crippen molar-refractivity contribution in [2.45, 2.75) is 43.8 Å². The molecule has 2 N–H and O–H groups in total. The highest BCUT2D eigenvalue weighted by Gasteiger charge is 2.28. The van der Waals surface area contributed by atoms with Crippen molar-refractivity contribution in [1.29, 1.82) is 0 Å². The smallest absolute Gasteiger partial charge is 0.390 e. The Hall–Kier alpha value is -4.02. The summed E-state index contributed by atoms with van der Waals surface area (Å²) in [4.78, 5) is 37.7. The number of aromatic nitrogens is 3. The van der Waals surface area contributed by atoms with Crippen LogP contribution in [0.3, 0.4) is 0 Å². The molecular formula is C26H24F3N5O3. The largest absolute Gasteiger partial charge is 0.491 e. The van der Waals surface area contributed by atoms with Gasteiger partial charge in [-0.1, -0.05) is 12.1 Å². The third-order valence-corrected chi connectivity index (χ3v) is 6.24. The number of carbonyl (C=O) groups is 2. The fraction of sp³-hybridized carbons (Fsp3) is 0.346. The van der Waals surface area contributed by atoms with Gasteiger partial charge in [0, 0.05) is 48.6 Å². The van der Waals surface area contributed by atoms with E-state index in [-0.39, 0.29) is 23.9 Å². The van der Waals surface area contributed by atoms with Crippen molar-refractivity contribution >= 4 is 11.8 Å². The lowest BCUT2D eigenvalue weighted by Crippen LogP contribution is -2.43. The summed E-state index contributed by atoms with van der Waals surface area (Å²) in [6, 6.07) is 8.17. The molecule has 1 aliphatic carbocycles. The van der Waals surface area contributed by atoms with Gasteiger partial charge in [0.05, 0.1) is 18.0 Å². The molecule has 11 heteroatoms. The Labute approximate surface area is 210 Å². The number of nitrogens with one attached hydrogen (secondary N) is 2. The second-order valence-electron chi connectivity index (χ2n) is 9.13. The summed E-state index contributed by atoms with van der Waals surface area (Å²) in [6.07, 6.45) is 2.17. The molecule has 0 radical (unpaired) electrons. The van der Waals surface area contributed by atoms with Crippen molar-refractivity contribution in [2.24, 2.45) is 0 Å². The lowest BCUT2D eigenvalue weighted by atomic mass is 9.94. The van der Waals surface area contributed by atoms with Crippen molar-refractivity contribution in [2.75, 3.05) is 13.2 Å². The molecule has 37 heavy (non-hydrogen) atoms. The fourth-order valence-corrected chi connectivity index (χ4v) is 4.14. The van der Waals surface area contributed by atoms with Gasteiger partial charge < -0.3 is 15.4 Å². The summed E-state index contributed by atoms with van der Waals surface area (Å²) < 4.78 is 42.7. The number of hydrogen-bond donors (Lipinski definition) is 2. The zero-order valence-corrected chi connectivity index (χ0v) is 19.7. The quantitative estimate of drug-likeness (QED) is 0.500. The van der Waals surface area contributed by atoms with Crippen LogP contribution in [-0.4, -0.2) is 52.1 Å². The second-order valence-corrected chi connectivity index (χ2v) is 9.13. The number of alkyl halides is 3. The maximum atomic E-state index is 12.8. The lowest BCUT2D eigenvalue weighted by Gasteiger charge is -2.28. The Morgan fingerprint density at radius 3 is 2.46 bits per heavy atom. The van der Waals surface area contributed by atoms with Crippen LogP contribution in [-0.2, 0) is 6.42 Å². The number of hydrogen-bond acceptors (Lipinski definition) is 6. The molecule has 3 aromatic rings. The van der Waals surface area contributed by atoms with Crippen LogP contribution in [0.25, 0.3) is 11.1 Å². The van der Waals surface area contributed by atoms with E-state index in [1.54, 1.807) is 0 Å². The molecule has 0 spiro atoms. The second kappa shape index (κ2) is 10.2. The van der Waals surface area contributed by atoms with Crippen molar-refractivity contribution in [3.8, 4) is 16.9 Å². The first kappa shape index (κ1) is 24.7. The Balaban J connectivity index is 1.22. The number of amides is 2. The van der Waals surface area contributed by atoms with Gasteiger partial charge in [-0.05, 0) is 36.6 Å². The minimum atomic E-state index is -4.36. The van der Waals surface area contributed by atoms with E-state index >= 15 is 0 Å². The number of carbonyl (C=O) groups excluding carboxylic acids is 2. The molecule has 5 rings (SSSR count). The molecule has 192 valence electrons. The first-order chi connectivity index (χ1) is 17.8. The predicted molar refractivity (Wildman–Crippen MR) is 127 cm³/mol. The Morgan fingerprint density at radius 1 is 1.00 bits per heavy atom. The van der Waals surface area contributed by atoms with Gasteiger partial charge in [0.1, 0.15) is 23.9 Å². The van der Waals surface area contributed by atoms with Crippen molar-refractivity contribution in [1.82, 2.24) is 25.6 Å². The first-order valence-corrected chi connectivity index (χ1v) is 12.0. The van der Waals surface area contributed by atoms with E-state index in [0.717, 1.165) is 41.1 Å². The SMILES string of the molecule is O=C(N[C@@H]1COc2cccc(-c3cnc(C4CC4)nc3)c2C1)c1ccc(C(=O)NCCC(F)(F)F)nc1. The molecule has 1 atom stereocenters. The van der Waals surface area contributed by atoms with Crippen molar-refractivity contribution in [3.63, 3.8) is 0 Å². The van der Waals surface area contributed by atoms with E-state index in [0.29, 0.717) is 12.3 Å². The van der Waals surface area contributed by atoms with Gasteiger partial charge in [0.2, 0.25) is 0 Å². The van der Waals surface area contributed by atoms with Gasteiger partial charge >= 0.3 is 6.18 Å². The number of benzene rings is 1. The van der Waals surface area contributed by atoms with Gasteiger partial charge in [-0.25, -0.2) is 9.97 Å². The number of ether oxygens (including phenoxy) is 1. The average Bonchev–Trinajstić information content (AvgIpc) is 3.73. The summed E-state index contributed by atoms with van der Waals surface area (Å²) in [7, 11) is 0. The molecule has 1 saturated carbocycles. The molecule has 0 bridgehead atoms. The molecule has 8 nitrogen and oxygen atoms in total. The lowest BCUT2D eigenvalue weighted by molar-refractivity contribution is -0.133. The minimum Gasteiger partial charge on any atom is -0.491 e. The number of halogens is 3. The topological polar surface area (TPSA) is 106 Å². The maximum absolute atomic E-state index is 12.8. The maximum Gasteiger partial charge on any atom is 0.390 e. The molecule has 0 unspecified atom stereocenters. The number of nitrogens with zero attached hydrogens (tertiary/aromatic N) is 3.